The number of aryl methyl sites for hydroxylation is 1. The van der Waals surface area contributed by atoms with Gasteiger partial charge in [0, 0.05) is 17.6 Å². The lowest BCUT2D eigenvalue weighted by atomic mass is 10.1. The molecule has 0 heterocycles. The first-order chi connectivity index (χ1) is 9.25. The number of carboxylic acid groups (broad SMARTS) is 1. The Morgan fingerprint density at radius 1 is 1.50 bits per heavy atom. The van der Waals surface area contributed by atoms with Gasteiger partial charge in [0.15, 0.2) is 0 Å². The molecule has 1 aromatic carbocycles. The fraction of sp³-hybridized carbons (Fsp3) is 0.308. The van der Waals surface area contributed by atoms with Gasteiger partial charge in [-0.3, -0.25) is 0 Å². The summed E-state index contributed by atoms with van der Waals surface area (Å²) in [5.41, 5.74) is 0.497. The second-order valence-electron chi connectivity index (χ2n) is 4.15. The molecule has 0 amide bonds. The molecule has 0 spiro atoms. The van der Waals surface area contributed by atoms with E-state index in [1.807, 2.05) is 0 Å². The van der Waals surface area contributed by atoms with E-state index in [1.165, 1.54) is 22.5 Å². The monoisotopic (exact) mass is 361 g/mol. The third kappa shape index (κ3) is 3.28. The van der Waals surface area contributed by atoms with E-state index >= 15 is 0 Å². The summed E-state index contributed by atoms with van der Waals surface area (Å²) in [6.45, 7) is 7.34. The molecule has 20 heavy (non-hydrogen) atoms. The summed E-state index contributed by atoms with van der Waals surface area (Å²) >= 11 is 3.22. The van der Waals surface area contributed by atoms with Gasteiger partial charge in [0.05, 0.1) is 10.5 Å². The van der Waals surface area contributed by atoms with Crippen LogP contribution in [0.3, 0.4) is 0 Å². The van der Waals surface area contributed by atoms with E-state index in [9.17, 15) is 13.2 Å². The predicted molar refractivity (Wildman–Crippen MR) is 80.5 cm³/mol. The molecule has 0 saturated carbocycles. The largest absolute Gasteiger partial charge is 0.478 e. The molecule has 0 fully saturated rings. The van der Waals surface area contributed by atoms with Crippen LogP contribution in [0.5, 0.6) is 0 Å². The molecule has 0 atom stereocenters. The summed E-state index contributed by atoms with van der Waals surface area (Å²) < 4.78 is 26.7. The summed E-state index contributed by atoms with van der Waals surface area (Å²) in [7, 11) is -3.77. The standard InChI is InChI=1S/C13H16BrNO4S/c1-4-6-15(5-2)20(18,19)11-8-10(13(16)17)7-9(3)12(11)14/h4,7-8H,1,5-6H2,2-3H3,(H,16,17). The fourth-order valence-electron chi connectivity index (χ4n) is 1.73. The topological polar surface area (TPSA) is 74.7 Å². The number of aromatic carboxylic acids is 1. The van der Waals surface area contributed by atoms with Crippen LogP contribution >= 0.6 is 15.9 Å². The molecule has 0 aliphatic heterocycles. The first-order valence-electron chi connectivity index (χ1n) is 5.90. The molecule has 0 aliphatic carbocycles. The Balaban J connectivity index is 3.51. The van der Waals surface area contributed by atoms with Crippen LogP contribution < -0.4 is 0 Å². The number of rotatable bonds is 6. The molecule has 7 heteroatoms. The third-order valence-corrected chi connectivity index (χ3v) is 6.05. The van der Waals surface area contributed by atoms with Crippen molar-refractivity contribution in [2.75, 3.05) is 13.1 Å². The highest BCUT2D eigenvalue weighted by Gasteiger charge is 2.26. The molecule has 0 aliphatic rings. The minimum Gasteiger partial charge on any atom is -0.478 e. The van der Waals surface area contributed by atoms with Crippen molar-refractivity contribution >= 4 is 31.9 Å². The van der Waals surface area contributed by atoms with Crippen LogP contribution in [0.15, 0.2) is 34.2 Å². The normalized spacial score (nSPS) is 11.6. The van der Waals surface area contributed by atoms with Crippen LogP contribution in [0.25, 0.3) is 0 Å². The summed E-state index contributed by atoms with van der Waals surface area (Å²) in [6, 6.07) is 2.59. The Hall–Kier alpha value is -1.18. The number of halogens is 1. The van der Waals surface area contributed by atoms with Gasteiger partial charge in [-0.1, -0.05) is 13.0 Å². The van der Waals surface area contributed by atoms with Crippen molar-refractivity contribution < 1.29 is 18.3 Å². The van der Waals surface area contributed by atoms with Crippen molar-refractivity contribution in [1.29, 1.82) is 0 Å². The van der Waals surface area contributed by atoms with Gasteiger partial charge >= 0.3 is 5.97 Å². The average Bonchev–Trinajstić information content (AvgIpc) is 2.38. The SMILES string of the molecule is C=CCN(CC)S(=O)(=O)c1cc(C(=O)O)cc(C)c1Br. The highest BCUT2D eigenvalue weighted by atomic mass is 79.9. The number of carboxylic acids is 1. The maximum Gasteiger partial charge on any atom is 0.335 e. The Morgan fingerprint density at radius 2 is 2.10 bits per heavy atom. The minimum atomic E-state index is -3.77. The van der Waals surface area contributed by atoms with Crippen LogP contribution in [-0.2, 0) is 10.0 Å². The van der Waals surface area contributed by atoms with Gasteiger partial charge in [0.2, 0.25) is 10.0 Å². The van der Waals surface area contributed by atoms with Gasteiger partial charge in [-0.25, -0.2) is 13.2 Å². The van der Waals surface area contributed by atoms with Gasteiger partial charge < -0.3 is 5.11 Å². The van der Waals surface area contributed by atoms with E-state index in [1.54, 1.807) is 13.8 Å². The van der Waals surface area contributed by atoms with Crippen molar-refractivity contribution in [1.82, 2.24) is 4.31 Å². The molecule has 1 N–H and O–H groups in total. The molecule has 0 bridgehead atoms. The summed E-state index contributed by atoms with van der Waals surface area (Å²) in [5.74, 6) is -1.16. The molecule has 0 unspecified atom stereocenters. The van der Waals surface area contributed by atoms with Gasteiger partial charge in [0.25, 0.3) is 0 Å². The summed E-state index contributed by atoms with van der Waals surface area (Å²) in [4.78, 5) is 11.0. The van der Waals surface area contributed by atoms with Crippen LogP contribution in [-0.4, -0.2) is 36.9 Å². The van der Waals surface area contributed by atoms with Crippen LogP contribution in [0.1, 0.15) is 22.8 Å². The second kappa shape index (κ2) is 6.51. The zero-order valence-electron chi connectivity index (χ0n) is 11.3. The minimum absolute atomic E-state index is 0.0430. The van der Waals surface area contributed by atoms with E-state index in [2.05, 4.69) is 22.5 Å². The molecule has 0 radical (unpaired) electrons. The quantitative estimate of drug-likeness (QED) is 0.790. The van der Waals surface area contributed by atoms with Crippen molar-refractivity contribution in [2.45, 2.75) is 18.7 Å². The number of likely N-dealkylation sites (N-methyl/N-ethyl adjacent to an activating group) is 1. The van der Waals surface area contributed by atoms with Crippen molar-refractivity contribution in [2.24, 2.45) is 0 Å². The molecular formula is C13H16BrNO4S. The highest BCUT2D eigenvalue weighted by Crippen LogP contribution is 2.29. The number of hydrogen-bond acceptors (Lipinski definition) is 3. The fourth-order valence-corrected chi connectivity index (χ4v) is 4.15. The maximum absolute atomic E-state index is 12.6. The molecule has 1 aromatic rings. The number of nitrogens with zero attached hydrogens (tertiary/aromatic N) is 1. The molecular weight excluding hydrogens is 346 g/mol. The second-order valence-corrected chi connectivity index (χ2v) is 6.85. The van der Waals surface area contributed by atoms with Gasteiger partial charge in [-0.05, 0) is 40.5 Å². The Labute approximate surface area is 127 Å². The number of sulfonamides is 1. The van der Waals surface area contributed by atoms with E-state index in [4.69, 9.17) is 5.11 Å². The number of hydrogen-bond donors (Lipinski definition) is 1. The first-order valence-corrected chi connectivity index (χ1v) is 8.13. The van der Waals surface area contributed by atoms with Crippen molar-refractivity contribution in [3.63, 3.8) is 0 Å². The van der Waals surface area contributed by atoms with E-state index in [0.29, 0.717) is 10.0 Å². The number of carbonyl (C=O) groups is 1. The zero-order chi connectivity index (χ0) is 15.5. The van der Waals surface area contributed by atoms with Crippen molar-refractivity contribution in [3.05, 3.63) is 40.4 Å². The van der Waals surface area contributed by atoms with E-state index < -0.39 is 16.0 Å². The summed E-state index contributed by atoms with van der Waals surface area (Å²) in [6.07, 6.45) is 1.49. The molecule has 0 aromatic heterocycles. The van der Waals surface area contributed by atoms with E-state index in [-0.39, 0.29) is 23.5 Å². The Kier molecular flexibility index (Phi) is 5.50. The van der Waals surface area contributed by atoms with Crippen LogP contribution in [0.4, 0.5) is 0 Å². The maximum atomic E-state index is 12.6. The lowest BCUT2D eigenvalue weighted by molar-refractivity contribution is 0.0696. The smallest absolute Gasteiger partial charge is 0.335 e. The molecule has 5 nitrogen and oxygen atoms in total. The van der Waals surface area contributed by atoms with Crippen LogP contribution in [0.2, 0.25) is 0 Å². The van der Waals surface area contributed by atoms with Crippen molar-refractivity contribution in [3.8, 4) is 0 Å². The first kappa shape index (κ1) is 16.9. The molecule has 110 valence electrons. The molecule has 0 saturated heterocycles. The van der Waals surface area contributed by atoms with Gasteiger partial charge in [-0.2, -0.15) is 4.31 Å². The molecule has 1 rings (SSSR count). The summed E-state index contributed by atoms with van der Waals surface area (Å²) in [5, 5.41) is 9.05. The van der Waals surface area contributed by atoms with Gasteiger partial charge in [-0.15, -0.1) is 6.58 Å². The lowest BCUT2D eigenvalue weighted by Gasteiger charge is -2.20. The lowest BCUT2D eigenvalue weighted by Crippen LogP contribution is -2.31. The zero-order valence-corrected chi connectivity index (χ0v) is 13.7. The van der Waals surface area contributed by atoms with Crippen LogP contribution in [0, 0.1) is 6.92 Å². The Bertz CT molecular complexity index is 640. The average molecular weight is 362 g/mol. The predicted octanol–water partition coefficient (Wildman–Crippen LogP) is 2.65. The highest BCUT2D eigenvalue weighted by molar-refractivity contribution is 9.10. The third-order valence-electron chi connectivity index (χ3n) is 2.77. The number of benzene rings is 1. The Morgan fingerprint density at radius 3 is 2.55 bits per heavy atom. The van der Waals surface area contributed by atoms with E-state index in [0.717, 1.165) is 0 Å². The van der Waals surface area contributed by atoms with Gasteiger partial charge in [0.1, 0.15) is 0 Å².